The van der Waals surface area contributed by atoms with Crippen LogP contribution >= 0.6 is 0 Å². The third kappa shape index (κ3) is 3.81. The first-order chi connectivity index (χ1) is 13.4. The monoisotopic (exact) mass is 388 g/mol. The van der Waals surface area contributed by atoms with Crippen LogP contribution in [0.4, 0.5) is 23.7 Å². The number of amides is 2. The van der Waals surface area contributed by atoms with Crippen LogP contribution < -0.4 is 10.6 Å². The molecule has 0 aliphatic heterocycles. The summed E-state index contributed by atoms with van der Waals surface area (Å²) in [5.74, 6) is 0.143. The molecule has 4 rings (SSSR count). The number of carbonyl (C=O) groups excluding carboxylic acids is 1. The Hall–Kier alpha value is -3.03. The van der Waals surface area contributed by atoms with Crippen molar-refractivity contribution in [3.8, 4) is 0 Å². The second kappa shape index (κ2) is 7.18. The van der Waals surface area contributed by atoms with Crippen molar-refractivity contribution in [2.45, 2.75) is 37.4 Å². The van der Waals surface area contributed by atoms with Crippen LogP contribution in [0.2, 0.25) is 0 Å². The fourth-order valence-electron chi connectivity index (χ4n) is 3.78. The Kier molecular flexibility index (Phi) is 4.70. The molecule has 1 saturated carbocycles. The van der Waals surface area contributed by atoms with E-state index in [1.807, 2.05) is 12.1 Å². The number of nitrogens with one attached hydrogen (secondary N) is 3. The number of aromatic amines is 1. The summed E-state index contributed by atoms with van der Waals surface area (Å²) in [7, 11) is 0. The van der Waals surface area contributed by atoms with Gasteiger partial charge in [0.1, 0.15) is 0 Å². The number of hydrogen-bond donors (Lipinski definition) is 3. The highest BCUT2D eigenvalue weighted by Crippen LogP contribution is 2.36. The predicted octanol–water partition coefficient (Wildman–Crippen LogP) is 5.04. The summed E-state index contributed by atoms with van der Waals surface area (Å²) in [4.78, 5) is 12.4. The molecule has 28 heavy (non-hydrogen) atoms. The zero-order chi connectivity index (χ0) is 19.7. The number of carbonyl (C=O) groups is 1. The van der Waals surface area contributed by atoms with Crippen molar-refractivity contribution < 1.29 is 18.0 Å². The molecule has 1 heterocycles. The predicted molar refractivity (Wildman–Crippen MR) is 100 cm³/mol. The molecule has 2 amide bonds. The SMILES string of the molecule is O=C(Nc1cccc2[nH]ncc12)N[C@@H]1CC[C@@H](c2ccc(C(F)(F)F)cc2)C1. The van der Waals surface area contributed by atoms with E-state index in [2.05, 4.69) is 20.8 Å². The van der Waals surface area contributed by atoms with E-state index >= 15 is 0 Å². The molecule has 0 spiro atoms. The van der Waals surface area contributed by atoms with Gasteiger partial charge in [-0.2, -0.15) is 18.3 Å². The Morgan fingerprint density at radius 1 is 1.11 bits per heavy atom. The van der Waals surface area contributed by atoms with Crippen molar-refractivity contribution in [1.29, 1.82) is 0 Å². The van der Waals surface area contributed by atoms with Crippen LogP contribution in [0.3, 0.4) is 0 Å². The maximum Gasteiger partial charge on any atom is 0.416 e. The number of urea groups is 1. The molecule has 3 aromatic rings. The number of halogens is 3. The van der Waals surface area contributed by atoms with Crippen LogP contribution in [0, 0.1) is 0 Å². The summed E-state index contributed by atoms with van der Waals surface area (Å²) in [6.45, 7) is 0. The second-order valence-electron chi connectivity index (χ2n) is 7.06. The number of anilines is 1. The third-order valence-corrected chi connectivity index (χ3v) is 5.21. The van der Waals surface area contributed by atoms with Gasteiger partial charge in [-0.15, -0.1) is 0 Å². The lowest BCUT2D eigenvalue weighted by Gasteiger charge is -2.15. The van der Waals surface area contributed by atoms with Crippen LogP contribution in [0.1, 0.15) is 36.3 Å². The van der Waals surface area contributed by atoms with Gasteiger partial charge in [-0.1, -0.05) is 18.2 Å². The largest absolute Gasteiger partial charge is 0.416 e. The van der Waals surface area contributed by atoms with Crippen molar-refractivity contribution >= 4 is 22.6 Å². The van der Waals surface area contributed by atoms with E-state index < -0.39 is 11.7 Å². The zero-order valence-electron chi connectivity index (χ0n) is 14.9. The molecule has 1 aromatic heterocycles. The topological polar surface area (TPSA) is 69.8 Å². The molecule has 5 nitrogen and oxygen atoms in total. The molecule has 3 N–H and O–H groups in total. The highest BCUT2D eigenvalue weighted by molar-refractivity contribution is 6.00. The van der Waals surface area contributed by atoms with Gasteiger partial charge >= 0.3 is 12.2 Å². The zero-order valence-corrected chi connectivity index (χ0v) is 14.9. The van der Waals surface area contributed by atoms with E-state index in [1.165, 1.54) is 12.1 Å². The fourth-order valence-corrected chi connectivity index (χ4v) is 3.78. The molecule has 2 atom stereocenters. The Balaban J connectivity index is 1.35. The summed E-state index contributed by atoms with van der Waals surface area (Å²) in [5, 5.41) is 13.4. The summed E-state index contributed by atoms with van der Waals surface area (Å²) < 4.78 is 38.1. The number of H-pyrrole nitrogens is 1. The smallest absolute Gasteiger partial charge is 0.335 e. The standard InChI is InChI=1S/C20H19F3N4O/c21-20(22,23)14-7-4-12(5-8-14)13-6-9-15(10-13)25-19(28)26-17-2-1-3-18-16(17)11-24-27-18/h1-5,7-8,11,13,15H,6,9-10H2,(H,24,27)(H2,25,26,28)/t13-,15-/m1/s1. The van der Waals surface area contributed by atoms with Crippen LogP contribution in [-0.2, 0) is 6.18 Å². The molecule has 0 unspecified atom stereocenters. The van der Waals surface area contributed by atoms with Crippen LogP contribution in [-0.4, -0.2) is 22.3 Å². The maximum atomic E-state index is 12.7. The van der Waals surface area contributed by atoms with Gasteiger partial charge in [-0.3, -0.25) is 5.10 Å². The van der Waals surface area contributed by atoms with Gasteiger partial charge in [0.05, 0.1) is 23.0 Å². The molecule has 0 bridgehead atoms. The Bertz CT molecular complexity index is 981. The lowest BCUT2D eigenvalue weighted by Crippen LogP contribution is -2.36. The van der Waals surface area contributed by atoms with E-state index in [1.54, 1.807) is 12.3 Å². The normalized spacial score (nSPS) is 19.7. The molecule has 146 valence electrons. The number of alkyl halides is 3. The highest BCUT2D eigenvalue weighted by Gasteiger charge is 2.31. The summed E-state index contributed by atoms with van der Waals surface area (Å²) >= 11 is 0. The van der Waals surface area contributed by atoms with Gasteiger partial charge in [0, 0.05) is 11.4 Å². The van der Waals surface area contributed by atoms with Crippen molar-refractivity contribution in [2.24, 2.45) is 0 Å². The van der Waals surface area contributed by atoms with Gasteiger partial charge in [0.25, 0.3) is 0 Å². The minimum atomic E-state index is -4.33. The van der Waals surface area contributed by atoms with E-state index in [4.69, 9.17) is 0 Å². The minimum absolute atomic E-state index is 0.0177. The first-order valence-corrected chi connectivity index (χ1v) is 9.07. The first kappa shape index (κ1) is 18.3. The van der Waals surface area contributed by atoms with Gasteiger partial charge in [-0.25, -0.2) is 4.79 Å². The minimum Gasteiger partial charge on any atom is -0.335 e. The Labute approximate surface area is 159 Å². The fraction of sp³-hybridized carbons (Fsp3) is 0.300. The van der Waals surface area contributed by atoms with Crippen molar-refractivity contribution in [2.75, 3.05) is 5.32 Å². The summed E-state index contributed by atoms with van der Waals surface area (Å²) in [6, 6.07) is 10.5. The lowest BCUT2D eigenvalue weighted by atomic mass is 9.96. The number of fused-ring (bicyclic) bond motifs is 1. The highest BCUT2D eigenvalue weighted by atomic mass is 19.4. The Morgan fingerprint density at radius 2 is 1.89 bits per heavy atom. The number of rotatable bonds is 3. The van der Waals surface area contributed by atoms with Crippen molar-refractivity contribution in [3.05, 3.63) is 59.8 Å². The first-order valence-electron chi connectivity index (χ1n) is 9.07. The molecule has 0 radical (unpaired) electrons. The van der Waals surface area contributed by atoms with E-state index in [0.29, 0.717) is 12.1 Å². The van der Waals surface area contributed by atoms with Gasteiger partial charge < -0.3 is 10.6 Å². The average Bonchev–Trinajstić information content (AvgIpc) is 3.31. The molecule has 0 saturated heterocycles. The van der Waals surface area contributed by atoms with Crippen LogP contribution in [0.5, 0.6) is 0 Å². The van der Waals surface area contributed by atoms with Gasteiger partial charge in [0.2, 0.25) is 0 Å². The molecular weight excluding hydrogens is 369 g/mol. The molecule has 1 aliphatic rings. The Morgan fingerprint density at radius 3 is 2.64 bits per heavy atom. The van der Waals surface area contributed by atoms with Gasteiger partial charge in [0.15, 0.2) is 0 Å². The summed E-state index contributed by atoms with van der Waals surface area (Å²) in [6.07, 6.45) is -0.354. The quantitative estimate of drug-likeness (QED) is 0.588. The second-order valence-corrected chi connectivity index (χ2v) is 7.06. The molecule has 2 aromatic carbocycles. The molecule has 1 fully saturated rings. The van der Waals surface area contributed by atoms with E-state index in [9.17, 15) is 18.0 Å². The number of nitrogens with zero attached hydrogens (tertiary/aromatic N) is 1. The van der Waals surface area contributed by atoms with Crippen LogP contribution in [0.15, 0.2) is 48.7 Å². The number of aromatic nitrogens is 2. The van der Waals surface area contributed by atoms with Gasteiger partial charge in [-0.05, 0) is 55.0 Å². The van der Waals surface area contributed by atoms with E-state index in [0.717, 1.165) is 41.4 Å². The number of hydrogen-bond acceptors (Lipinski definition) is 2. The maximum absolute atomic E-state index is 12.7. The van der Waals surface area contributed by atoms with Crippen LogP contribution in [0.25, 0.3) is 10.9 Å². The number of benzene rings is 2. The van der Waals surface area contributed by atoms with Crippen molar-refractivity contribution in [3.63, 3.8) is 0 Å². The molecular formula is C20H19F3N4O. The molecule has 8 heteroatoms. The summed E-state index contributed by atoms with van der Waals surface area (Å²) in [5.41, 5.74) is 1.74. The molecule has 1 aliphatic carbocycles. The third-order valence-electron chi connectivity index (χ3n) is 5.21. The average molecular weight is 388 g/mol. The van der Waals surface area contributed by atoms with Crippen molar-refractivity contribution in [1.82, 2.24) is 15.5 Å². The van der Waals surface area contributed by atoms with E-state index in [-0.39, 0.29) is 18.0 Å². The lowest BCUT2D eigenvalue weighted by molar-refractivity contribution is -0.137.